The summed E-state index contributed by atoms with van der Waals surface area (Å²) in [5, 5.41) is 6.76. The van der Waals surface area contributed by atoms with E-state index in [1.54, 1.807) is 0 Å². The molecule has 0 unspecified atom stereocenters. The van der Waals surface area contributed by atoms with E-state index in [0.717, 1.165) is 54.2 Å². The molecule has 2 aromatic carbocycles. The van der Waals surface area contributed by atoms with Gasteiger partial charge >= 0.3 is 0 Å². The minimum absolute atomic E-state index is 0.00665. The fraction of sp³-hybridized carbons (Fsp3) is 0.417. The van der Waals surface area contributed by atoms with E-state index in [4.69, 9.17) is 11.6 Å². The number of hydrogen-bond acceptors (Lipinski definition) is 3. The Bertz CT molecular complexity index is 875. The lowest BCUT2D eigenvalue weighted by molar-refractivity contribution is -0.126. The standard InChI is InChI=1S/C24H30ClN3O2/c1-17-3-8-22(18(2)15-17)27-23(29)16-28-13-10-20(11-14-28)24(30)26-12-9-19-4-6-21(25)7-5-19/h3-8,15,20H,9-14,16H2,1-2H3,(H,26,30)(H,27,29). The van der Waals surface area contributed by atoms with Gasteiger partial charge in [-0.25, -0.2) is 0 Å². The van der Waals surface area contributed by atoms with Crippen LogP contribution in [0.25, 0.3) is 0 Å². The van der Waals surface area contributed by atoms with Crippen molar-refractivity contribution in [1.82, 2.24) is 10.2 Å². The topological polar surface area (TPSA) is 61.4 Å². The van der Waals surface area contributed by atoms with Crippen LogP contribution in [0.5, 0.6) is 0 Å². The second-order valence-corrected chi connectivity index (χ2v) is 8.52. The summed E-state index contributed by atoms with van der Waals surface area (Å²) in [5.74, 6) is 0.130. The lowest BCUT2D eigenvalue weighted by atomic mass is 9.96. The highest BCUT2D eigenvalue weighted by atomic mass is 35.5. The number of carbonyl (C=O) groups is 2. The number of piperidine rings is 1. The molecular formula is C24H30ClN3O2. The van der Waals surface area contributed by atoms with Gasteiger partial charge in [-0.15, -0.1) is 0 Å². The zero-order chi connectivity index (χ0) is 21.5. The number of hydrogen-bond donors (Lipinski definition) is 2. The molecule has 160 valence electrons. The van der Waals surface area contributed by atoms with Crippen molar-refractivity contribution < 1.29 is 9.59 Å². The number of likely N-dealkylation sites (tertiary alicyclic amines) is 1. The highest BCUT2D eigenvalue weighted by molar-refractivity contribution is 6.30. The van der Waals surface area contributed by atoms with Gasteiger partial charge in [0, 0.05) is 23.2 Å². The Morgan fingerprint density at radius 2 is 1.77 bits per heavy atom. The molecule has 0 bridgehead atoms. The Morgan fingerprint density at radius 1 is 1.07 bits per heavy atom. The first-order chi connectivity index (χ1) is 14.4. The van der Waals surface area contributed by atoms with E-state index in [1.807, 2.05) is 50.2 Å². The number of benzene rings is 2. The molecular weight excluding hydrogens is 398 g/mol. The van der Waals surface area contributed by atoms with Crippen LogP contribution >= 0.6 is 11.6 Å². The van der Waals surface area contributed by atoms with Crippen molar-refractivity contribution in [3.63, 3.8) is 0 Å². The molecule has 0 spiro atoms. The van der Waals surface area contributed by atoms with Crippen LogP contribution in [0, 0.1) is 19.8 Å². The molecule has 3 rings (SSSR count). The summed E-state index contributed by atoms with van der Waals surface area (Å²) in [6.07, 6.45) is 2.35. The number of aryl methyl sites for hydroxylation is 2. The molecule has 5 nitrogen and oxygen atoms in total. The molecule has 1 aliphatic rings. The van der Waals surface area contributed by atoms with Crippen molar-refractivity contribution in [2.45, 2.75) is 33.1 Å². The van der Waals surface area contributed by atoms with Gasteiger partial charge in [-0.3, -0.25) is 14.5 Å². The Balaban J connectivity index is 1.37. The molecule has 1 heterocycles. The summed E-state index contributed by atoms with van der Waals surface area (Å²) in [4.78, 5) is 27.0. The normalized spacial score (nSPS) is 15.0. The highest BCUT2D eigenvalue weighted by Gasteiger charge is 2.25. The van der Waals surface area contributed by atoms with Crippen LogP contribution in [0.2, 0.25) is 5.02 Å². The van der Waals surface area contributed by atoms with Gasteiger partial charge < -0.3 is 10.6 Å². The number of nitrogens with zero attached hydrogens (tertiary/aromatic N) is 1. The summed E-state index contributed by atoms with van der Waals surface area (Å²) < 4.78 is 0. The maximum Gasteiger partial charge on any atom is 0.238 e. The van der Waals surface area contributed by atoms with Crippen LogP contribution in [-0.2, 0) is 16.0 Å². The van der Waals surface area contributed by atoms with Gasteiger partial charge in [-0.2, -0.15) is 0 Å². The van der Waals surface area contributed by atoms with Crippen molar-refractivity contribution in [3.05, 3.63) is 64.2 Å². The molecule has 0 atom stereocenters. The molecule has 0 saturated carbocycles. The van der Waals surface area contributed by atoms with Crippen LogP contribution in [-0.4, -0.2) is 42.9 Å². The van der Waals surface area contributed by atoms with E-state index in [2.05, 4.69) is 21.6 Å². The summed E-state index contributed by atoms with van der Waals surface area (Å²) >= 11 is 5.90. The second kappa shape index (κ2) is 10.6. The van der Waals surface area contributed by atoms with Crippen LogP contribution in [0.3, 0.4) is 0 Å². The number of rotatable bonds is 7. The predicted molar refractivity (Wildman–Crippen MR) is 122 cm³/mol. The Hall–Kier alpha value is -2.37. The molecule has 1 aliphatic heterocycles. The van der Waals surface area contributed by atoms with E-state index in [-0.39, 0.29) is 17.7 Å². The van der Waals surface area contributed by atoms with Crippen LogP contribution in [0.4, 0.5) is 5.69 Å². The predicted octanol–water partition coefficient (Wildman–Crippen LogP) is 3.97. The van der Waals surface area contributed by atoms with Gasteiger partial charge in [-0.1, -0.05) is 41.4 Å². The van der Waals surface area contributed by atoms with Crippen molar-refractivity contribution in [2.75, 3.05) is 31.5 Å². The first kappa shape index (κ1) is 22.3. The average molecular weight is 428 g/mol. The zero-order valence-electron chi connectivity index (χ0n) is 17.7. The zero-order valence-corrected chi connectivity index (χ0v) is 18.5. The lowest BCUT2D eigenvalue weighted by Crippen LogP contribution is -2.43. The molecule has 1 saturated heterocycles. The maximum absolute atomic E-state index is 12.4. The Kier molecular flexibility index (Phi) is 7.88. The minimum atomic E-state index is -0.00665. The summed E-state index contributed by atoms with van der Waals surface area (Å²) in [6.45, 7) is 6.54. The van der Waals surface area contributed by atoms with Gasteiger partial charge in [-0.05, 0) is 75.5 Å². The SMILES string of the molecule is Cc1ccc(NC(=O)CN2CCC(C(=O)NCCc3ccc(Cl)cc3)CC2)c(C)c1. The summed E-state index contributed by atoms with van der Waals surface area (Å²) in [5.41, 5.74) is 4.27. The third kappa shape index (κ3) is 6.57. The molecule has 0 aromatic heterocycles. The maximum atomic E-state index is 12.4. The first-order valence-corrected chi connectivity index (χ1v) is 10.9. The van der Waals surface area contributed by atoms with Crippen molar-refractivity contribution >= 4 is 29.1 Å². The fourth-order valence-electron chi connectivity index (χ4n) is 3.83. The van der Waals surface area contributed by atoms with Crippen LogP contribution < -0.4 is 10.6 Å². The van der Waals surface area contributed by atoms with Crippen molar-refractivity contribution in [2.24, 2.45) is 5.92 Å². The van der Waals surface area contributed by atoms with Gasteiger partial charge in [0.1, 0.15) is 0 Å². The third-order valence-electron chi connectivity index (χ3n) is 5.61. The quantitative estimate of drug-likeness (QED) is 0.702. The van der Waals surface area contributed by atoms with Crippen LogP contribution in [0.1, 0.15) is 29.5 Å². The first-order valence-electron chi connectivity index (χ1n) is 10.5. The smallest absolute Gasteiger partial charge is 0.238 e. The number of anilines is 1. The van der Waals surface area contributed by atoms with Gasteiger partial charge in [0.15, 0.2) is 0 Å². The molecule has 6 heteroatoms. The number of nitrogens with one attached hydrogen (secondary N) is 2. The van der Waals surface area contributed by atoms with E-state index in [9.17, 15) is 9.59 Å². The fourth-order valence-corrected chi connectivity index (χ4v) is 3.95. The second-order valence-electron chi connectivity index (χ2n) is 8.08. The van der Waals surface area contributed by atoms with Crippen LogP contribution in [0.15, 0.2) is 42.5 Å². The molecule has 1 fully saturated rings. The molecule has 2 aromatic rings. The van der Waals surface area contributed by atoms with E-state index in [1.165, 1.54) is 5.56 Å². The molecule has 2 amide bonds. The van der Waals surface area contributed by atoms with Gasteiger partial charge in [0.2, 0.25) is 11.8 Å². The Labute approximate surface area is 183 Å². The lowest BCUT2D eigenvalue weighted by Gasteiger charge is -2.30. The minimum Gasteiger partial charge on any atom is -0.356 e. The monoisotopic (exact) mass is 427 g/mol. The van der Waals surface area contributed by atoms with Gasteiger partial charge in [0.05, 0.1) is 6.54 Å². The van der Waals surface area contributed by atoms with Crippen molar-refractivity contribution in [3.8, 4) is 0 Å². The Morgan fingerprint density at radius 3 is 2.43 bits per heavy atom. The van der Waals surface area contributed by atoms with Gasteiger partial charge in [0.25, 0.3) is 0 Å². The summed E-state index contributed by atoms with van der Waals surface area (Å²) in [6, 6.07) is 13.7. The number of halogens is 1. The van der Waals surface area contributed by atoms with Crippen molar-refractivity contribution in [1.29, 1.82) is 0 Å². The number of amides is 2. The average Bonchev–Trinajstić information content (AvgIpc) is 2.72. The highest BCUT2D eigenvalue weighted by Crippen LogP contribution is 2.19. The third-order valence-corrected chi connectivity index (χ3v) is 5.86. The molecule has 2 N–H and O–H groups in total. The van der Waals surface area contributed by atoms with E-state index < -0.39 is 0 Å². The van der Waals surface area contributed by atoms with E-state index >= 15 is 0 Å². The number of carbonyl (C=O) groups excluding carboxylic acids is 2. The largest absolute Gasteiger partial charge is 0.356 e. The molecule has 30 heavy (non-hydrogen) atoms. The molecule has 0 aliphatic carbocycles. The summed E-state index contributed by atoms with van der Waals surface area (Å²) in [7, 11) is 0. The molecule has 0 radical (unpaired) electrons. The van der Waals surface area contributed by atoms with E-state index in [0.29, 0.717) is 13.1 Å².